The second kappa shape index (κ2) is 5.80. The van der Waals surface area contributed by atoms with Gasteiger partial charge in [-0.2, -0.15) is 11.8 Å². The molecule has 0 unspecified atom stereocenters. The smallest absolute Gasteiger partial charge is 0.283 e. The molecule has 0 heterocycles. The van der Waals surface area contributed by atoms with Crippen LogP contribution in [-0.2, 0) is 9.45 Å². The Balaban J connectivity index is 3.67. The van der Waals surface area contributed by atoms with E-state index >= 15 is 0 Å². The predicted octanol–water partition coefficient (Wildman–Crippen LogP) is 0.796. The fourth-order valence-electron chi connectivity index (χ4n) is 0.604. The Morgan fingerprint density at radius 1 is 1.80 bits per heavy atom. The van der Waals surface area contributed by atoms with Crippen LogP contribution in [0.25, 0.3) is 0 Å². The molecule has 2 atom stereocenters. The largest absolute Gasteiger partial charge is 0.443 e. The first-order valence-corrected chi connectivity index (χ1v) is 4.37. The van der Waals surface area contributed by atoms with Gasteiger partial charge in [0.25, 0.3) is 8.05 Å². The lowest BCUT2D eigenvalue weighted by atomic mass is 10.2. The summed E-state index contributed by atoms with van der Waals surface area (Å²) in [4.78, 5) is 10.0. The van der Waals surface area contributed by atoms with Gasteiger partial charge in [0.05, 0.1) is 6.10 Å². The number of hydrogen-bond donors (Lipinski definition) is 0. The van der Waals surface area contributed by atoms with Crippen molar-refractivity contribution in [2.24, 2.45) is 0 Å². The van der Waals surface area contributed by atoms with Crippen LogP contribution in [0.4, 0.5) is 0 Å². The molecule has 4 heteroatoms. The molecule has 0 bridgehead atoms. The Morgan fingerprint density at radius 3 is 2.70 bits per heavy atom. The molecule has 0 saturated carbocycles. The average Bonchev–Trinajstić information content (AvgIpc) is 1.99. The molecule has 2 nitrogen and oxygen atoms in total. The molecular weight excluding hydrogens is 147 g/mol. The maximum Gasteiger partial charge on any atom is 0.283 e. The minimum atomic E-state index is -0.146. The molecule has 0 fully saturated rings. The highest BCUT2D eigenvalue weighted by molar-refractivity contribution is 7.99. The van der Waals surface area contributed by atoms with Gasteiger partial charge in [-0.15, -0.1) is 0 Å². The van der Waals surface area contributed by atoms with Gasteiger partial charge in [-0.05, 0) is 6.26 Å². The van der Waals surface area contributed by atoms with Crippen LogP contribution in [0.1, 0.15) is 13.3 Å². The topological polar surface area (TPSA) is 26.3 Å². The minimum Gasteiger partial charge on any atom is -0.443 e. The van der Waals surface area contributed by atoms with Gasteiger partial charge in [0, 0.05) is 11.7 Å². The van der Waals surface area contributed by atoms with Gasteiger partial charge in [-0.3, -0.25) is 0 Å². The van der Waals surface area contributed by atoms with Gasteiger partial charge < -0.3 is 9.45 Å². The predicted molar refractivity (Wildman–Crippen MR) is 44.3 cm³/mol. The van der Waals surface area contributed by atoms with Crippen LogP contribution in [0.2, 0.25) is 0 Å². The standard InChI is InChI=1S/C6H11BO2S/c1-5(10-2)6(9-7)3-4-8/h4-6H,3H2,1-2H3/t5-,6+/m0/s1. The number of aldehydes is 1. The van der Waals surface area contributed by atoms with E-state index < -0.39 is 0 Å². The fraction of sp³-hybridized carbons (Fsp3) is 0.833. The summed E-state index contributed by atoms with van der Waals surface area (Å²) in [7, 11) is 4.96. The average molecular weight is 158 g/mol. The van der Waals surface area contributed by atoms with Crippen molar-refractivity contribution >= 4 is 26.1 Å². The molecule has 0 aromatic carbocycles. The summed E-state index contributed by atoms with van der Waals surface area (Å²) in [5.74, 6) is 0. The van der Waals surface area contributed by atoms with E-state index in [0.717, 1.165) is 6.29 Å². The molecule has 0 aromatic heterocycles. The summed E-state index contributed by atoms with van der Waals surface area (Å²) in [6.45, 7) is 1.98. The highest BCUT2D eigenvalue weighted by atomic mass is 32.2. The first-order chi connectivity index (χ1) is 4.76. The van der Waals surface area contributed by atoms with Gasteiger partial charge >= 0.3 is 0 Å². The van der Waals surface area contributed by atoms with Crippen LogP contribution in [0.5, 0.6) is 0 Å². The lowest BCUT2D eigenvalue weighted by molar-refractivity contribution is -0.109. The van der Waals surface area contributed by atoms with Crippen molar-refractivity contribution in [3.8, 4) is 0 Å². The zero-order valence-electron chi connectivity index (χ0n) is 6.24. The van der Waals surface area contributed by atoms with Crippen LogP contribution in [0.3, 0.4) is 0 Å². The molecule has 0 rings (SSSR count). The third kappa shape index (κ3) is 3.27. The van der Waals surface area contributed by atoms with Crippen LogP contribution in [0.15, 0.2) is 0 Å². The zero-order chi connectivity index (χ0) is 7.98. The van der Waals surface area contributed by atoms with Crippen LogP contribution < -0.4 is 0 Å². The highest BCUT2D eigenvalue weighted by Gasteiger charge is 2.13. The summed E-state index contributed by atoms with van der Waals surface area (Å²) in [6.07, 6.45) is 3.01. The quantitative estimate of drug-likeness (QED) is 0.437. The lowest BCUT2D eigenvalue weighted by Gasteiger charge is -2.18. The molecule has 0 aliphatic carbocycles. The first kappa shape index (κ1) is 10.0. The molecule has 0 N–H and O–H groups in total. The number of thioether (sulfide) groups is 1. The van der Waals surface area contributed by atoms with Crippen LogP contribution >= 0.6 is 11.8 Å². The van der Waals surface area contributed by atoms with E-state index in [2.05, 4.69) is 4.65 Å². The lowest BCUT2D eigenvalue weighted by Crippen LogP contribution is -2.23. The first-order valence-electron chi connectivity index (χ1n) is 3.08. The van der Waals surface area contributed by atoms with E-state index in [9.17, 15) is 4.79 Å². The number of rotatable bonds is 5. The summed E-state index contributed by atoms with van der Waals surface area (Å²) in [6, 6.07) is 0. The number of carbonyl (C=O) groups is 1. The Labute approximate surface area is 67.1 Å². The van der Waals surface area contributed by atoms with Crippen molar-refractivity contribution in [3.05, 3.63) is 0 Å². The summed E-state index contributed by atoms with van der Waals surface area (Å²) in [5, 5.41) is 0.273. The molecule has 10 heavy (non-hydrogen) atoms. The van der Waals surface area contributed by atoms with Gasteiger partial charge in [0.1, 0.15) is 6.29 Å². The normalized spacial score (nSPS) is 16.2. The van der Waals surface area contributed by atoms with Crippen molar-refractivity contribution in [2.75, 3.05) is 6.26 Å². The molecule has 56 valence electrons. The summed E-state index contributed by atoms with van der Waals surface area (Å²) >= 11 is 1.63. The fourth-order valence-corrected chi connectivity index (χ4v) is 1.08. The Bertz CT molecular complexity index is 99.7. The van der Waals surface area contributed by atoms with E-state index in [1.807, 2.05) is 13.2 Å². The third-order valence-corrected chi connectivity index (χ3v) is 2.45. The molecular formula is C6H11BO2S. The maximum absolute atomic E-state index is 10.0. The van der Waals surface area contributed by atoms with Gasteiger partial charge in [-0.1, -0.05) is 6.92 Å². The molecule has 0 amide bonds. The van der Waals surface area contributed by atoms with Crippen molar-refractivity contribution in [1.29, 1.82) is 0 Å². The second-order valence-corrected chi connectivity index (χ2v) is 3.23. The Hall–Kier alpha value is 0.0449. The van der Waals surface area contributed by atoms with E-state index in [1.165, 1.54) is 0 Å². The molecule has 2 radical (unpaired) electrons. The highest BCUT2D eigenvalue weighted by Crippen LogP contribution is 2.14. The summed E-state index contributed by atoms with van der Waals surface area (Å²) in [5.41, 5.74) is 0. The molecule has 0 aliphatic heterocycles. The second-order valence-electron chi connectivity index (χ2n) is 2.02. The molecule has 0 saturated heterocycles. The SMILES string of the molecule is [B]O[C@H](CC=O)[C@H](C)SC. The van der Waals surface area contributed by atoms with E-state index in [-0.39, 0.29) is 11.4 Å². The summed E-state index contributed by atoms with van der Waals surface area (Å²) < 4.78 is 4.59. The van der Waals surface area contributed by atoms with Crippen molar-refractivity contribution < 1.29 is 9.45 Å². The van der Waals surface area contributed by atoms with E-state index in [1.54, 1.807) is 11.8 Å². The van der Waals surface area contributed by atoms with Gasteiger partial charge in [-0.25, -0.2) is 0 Å². The monoisotopic (exact) mass is 158 g/mol. The van der Waals surface area contributed by atoms with Crippen molar-refractivity contribution in [3.63, 3.8) is 0 Å². The van der Waals surface area contributed by atoms with E-state index in [0.29, 0.717) is 6.42 Å². The van der Waals surface area contributed by atoms with Crippen molar-refractivity contribution in [1.82, 2.24) is 0 Å². The van der Waals surface area contributed by atoms with E-state index in [4.69, 9.17) is 8.05 Å². The third-order valence-electron chi connectivity index (χ3n) is 1.40. The van der Waals surface area contributed by atoms with Gasteiger partial charge in [0.2, 0.25) is 0 Å². The maximum atomic E-state index is 10.0. The van der Waals surface area contributed by atoms with Gasteiger partial charge in [0.15, 0.2) is 0 Å². The molecule has 0 spiro atoms. The zero-order valence-corrected chi connectivity index (χ0v) is 7.06. The van der Waals surface area contributed by atoms with Crippen LogP contribution in [0, 0.1) is 0 Å². The minimum absolute atomic E-state index is 0.146. The number of carbonyl (C=O) groups excluding carboxylic acids is 1. The number of hydrogen-bond acceptors (Lipinski definition) is 3. The Kier molecular flexibility index (Phi) is 5.83. The van der Waals surface area contributed by atoms with Crippen molar-refractivity contribution in [2.45, 2.75) is 24.7 Å². The molecule has 0 aliphatic rings. The molecule has 0 aromatic rings. The van der Waals surface area contributed by atoms with Crippen LogP contribution in [-0.4, -0.2) is 31.9 Å². The Morgan fingerprint density at radius 2 is 2.40 bits per heavy atom.